The van der Waals surface area contributed by atoms with Crippen LogP contribution in [0, 0.1) is 0 Å². The Morgan fingerprint density at radius 2 is 1.94 bits per heavy atom. The second kappa shape index (κ2) is 5.94. The van der Waals surface area contributed by atoms with Crippen LogP contribution >= 0.6 is 0 Å². The molecule has 0 aliphatic rings. The molecule has 0 saturated carbocycles. The van der Waals surface area contributed by atoms with Crippen molar-refractivity contribution in [1.82, 2.24) is 0 Å². The van der Waals surface area contributed by atoms with Crippen LogP contribution in [0.4, 0.5) is 0 Å². The summed E-state index contributed by atoms with van der Waals surface area (Å²) in [6, 6.07) is 7.48. The third-order valence-corrected chi connectivity index (χ3v) is 3.70. The lowest BCUT2D eigenvalue weighted by molar-refractivity contribution is -0.146. The highest BCUT2D eigenvalue weighted by Gasteiger charge is 2.31. The SMILES string of the molecule is CC(C(N)C(=O)OCc1ccccc1)S(=O)(=O)O. The van der Waals surface area contributed by atoms with Gasteiger partial charge in [0.05, 0.1) is 0 Å². The Bertz CT molecular complexity index is 499. The van der Waals surface area contributed by atoms with Gasteiger partial charge in [-0.05, 0) is 12.5 Å². The summed E-state index contributed by atoms with van der Waals surface area (Å²) in [6.45, 7) is 1.15. The summed E-state index contributed by atoms with van der Waals surface area (Å²) in [5.74, 6) is -0.871. The van der Waals surface area contributed by atoms with Crippen LogP contribution < -0.4 is 5.73 Å². The van der Waals surface area contributed by atoms with Gasteiger partial charge in [-0.25, -0.2) is 0 Å². The molecule has 0 amide bonds. The molecule has 1 aromatic carbocycles. The molecule has 0 fully saturated rings. The van der Waals surface area contributed by atoms with E-state index in [1.54, 1.807) is 24.3 Å². The molecule has 2 atom stereocenters. The van der Waals surface area contributed by atoms with Crippen LogP contribution in [0.15, 0.2) is 30.3 Å². The van der Waals surface area contributed by atoms with E-state index in [2.05, 4.69) is 0 Å². The molecule has 0 saturated heterocycles. The zero-order chi connectivity index (χ0) is 13.8. The molecular formula is C11H15NO5S. The van der Waals surface area contributed by atoms with E-state index in [9.17, 15) is 13.2 Å². The van der Waals surface area contributed by atoms with Gasteiger partial charge in [0.2, 0.25) is 0 Å². The molecule has 3 N–H and O–H groups in total. The largest absolute Gasteiger partial charge is 0.460 e. The summed E-state index contributed by atoms with van der Waals surface area (Å²) in [6.07, 6.45) is 0. The summed E-state index contributed by atoms with van der Waals surface area (Å²) in [5.41, 5.74) is 6.16. The molecule has 1 rings (SSSR count). The lowest BCUT2D eigenvalue weighted by Gasteiger charge is -2.15. The van der Waals surface area contributed by atoms with E-state index in [0.29, 0.717) is 0 Å². The van der Waals surface area contributed by atoms with E-state index in [-0.39, 0.29) is 6.61 Å². The normalized spacial score (nSPS) is 14.8. The van der Waals surface area contributed by atoms with E-state index >= 15 is 0 Å². The molecular weight excluding hydrogens is 258 g/mol. The molecule has 18 heavy (non-hydrogen) atoms. The Kier molecular flexibility index (Phi) is 4.83. The Balaban J connectivity index is 2.56. The van der Waals surface area contributed by atoms with Gasteiger partial charge in [-0.1, -0.05) is 30.3 Å². The maximum absolute atomic E-state index is 11.5. The van der Waals surface area contributed by atoms with Gasteiger partial charge in [0.25, 0.3) is 10.1 Å². The summed E-state index contributed by atoms with van der Waals surface area (Å²) < 4.78 is 35.3. The maximum atomic E-state index is 11.5. The monoisotopic (exact) mass is 273 g/mol. The number of esters is 1. The van der Waals surface area contributed by atoms with Crippen LogP contribution in [0.2, 0.25) is 0 Å². The van der Waals surface area contributed by atoms with Gasteiger partial charge in [-0.15, -0.1) is 0 Å². The van der Waals surface area contributed by atoms with E-state index in [1.165, 1.54) is 0 Å². The molecule has 0 bridgehead atoms. The van der Waals surface area contributed by atoms with Gasteiger partial charge in [0.1, 0.15) is 17.9 Å². The summed E-state index contributed by atoms with van der Waals surface area (Å²) in [4.78, 5) is 11.5. The second-order valence-corrected chi connectivity index (χ2v) is 5.61. The predicted octanol–water partition coefficient (Wildman–Crippen LogP) is 0.333. The highest BCUT2D eigenvalue weighted by Crippen LogP contribution is 2.06. The fourth-order valence-electron chi connectivity index (χ4n) is 1.20. The average molecular weight is 273 g/mol. The smallest absolute Gasteiger partial charge is 0.324 e. The van der Waals surface area contributed by atoms with Crippen molar-refractivity contribution in [3.8, 4) is 0 Å². The Labute approximate surface area is 105 Å². The highest BCUT2D eigenvalue weighted by atomic mass is 32.2. The van der Waals surface area contributed by atoms with Crippen molar-refractivity contribution in [3.05, 3.63) is 35.9 Å². The van der Waals surface area contributed by atoms with Crippen molar-refractivity contribution in [2.45, 2.75) is 24.8 Å². The second-order valence-electron chi connectivity index (χ2n) is 3.84. The number of ether oxygens (including phenoxy) is 1. The zero-order valence-electron chi connectivity index (χ0n) is 9.81. The van der Waals surface area contributed by atoms with E-state index in [0.717, 1.165) is 12.5 Å². The highest BCUT2D eigenvalue weighted by molar-refractivity contribution is 7.86. The molecule has 6 nitrogen and oxygen atoms in total. The summed E-state index contributed by atoms with van der Waals surface area (Å²) >= 11 is 0. The Morgan fingerprint density at radius 3 is 2.44 bits per heavy atom. The maximum Gasteiger partial charge on any atom is 0.324 e. The fourth-order valence-corrected chi connectivity index (χ4v) is 1.68. The third-order valence-electron chi connectivity index (χ3n) is 2.47. The van der Waals surface area contributed by atoms with E-state index in [1.807, 2.05) is 6.07 Å². The zero-order valence-corrected chi connectivity index (χ0v) is 10.6. The third kappa shape index (κ3) is 4.10. The van der Waals surface area contributed by atoms with Crippen molar-refractivity contribution < 1.29 is 22.5 Å². The quantitative estimate of drug-likeness (QED) is 0.591. The van der Waals surface area contributed by atoms with Crippen molar-refractivity contribution in [1.29, 1.82) is 0 Å². The predicted molar refractivity (Wildman–Crippen MR) is 65.2 cm³/mol. The van der Waals surface area contributed by atoms with Crippen LogP contribution in [0.5, 0.6) is 0 Å². The van der Waals surface area contributed by atoms with Gasteiger partial charge in [-0.3, -0.25) is 9.35 Å². The first-order chi connectivity index (χ1) is 8.32. The number of hydrogen-bond donors (Lipinski definition) is 2. The van der Waals surface area contributed by atoms with Crippen LogP contribution in [0.3, 0.4) is 0 Å². The molecule has 100 valence electrons. The van der Waals surface area contributed by atoms with Crippen LogP contribution in [0.1, 0.15) is 12.5 Å². The number of benzene rings is 1. The number of carbonyl (C=O) groups is 1. The van der Waals surface area contributed by atoms with Crippen molar-refractivity contribution in [2.24, 2.45) is 5.73 Å². The number of rotatable bonds is 5. The van der Waals surface area contributed by atoms with E-state index < -0.39 is 27.4 Å². The van der Waals surface area contributed by atoms with Crippen molar-refractivity contribution in [3.63, 3.8) is 0 Å². The van der Waals surface area contributed by atoms with Crippen molar-refractivity contribution in [2.75, 3.05) is 0 Å². The van der Waals surface area contributed by atoms with Gasteiger partial charge in [0, 0.05) is 0 Å². The van der Waals surface area contributed by atoms with Gasteiger partial charge >= 0.3 is 5.97 Å². The Morgan fingerprint density at radius 1 is 1.39 bits per heavy atom. The molecule has 0 aliphatic carbocycles. The number of hydrogen-bond acceptors (Lipinski definition) is 5. The van der Waals surface area contributed by atoms with Crippen molar-refractivity contribution >= 4 is 16.1 Å². The summed E-state index contributed by atoms with van der Waals surface area (Å²) in [7, 11) is -4.36. The molecule has 0 radical (unpaired) electrons. The molecule has 0 heterocycles. The number of carbonyl (C=O) groups excluding carboxylic acids is 1. The fraction of sp³-hybridized carbons (Fsp3) is 0.364. The molecule has 1 aromatic rings. The molecule has 7 heteroatoms. The lowest BCUT2D eigenvalue weighted by Crippen LogP contribution is -2.45. The first-order valence-electron chi connectivity index (χ1n) is 5.25. The van der Waals surface area contributed by atoms with Gasteiger partial charge in [-0.2, -0.15) is 8.42 Å². The minimum absolute atomic E-state index is 0.00553. The first-order valence-corrected chi connectivity index (χ1v) is 6.75. The van der Waals surface area contributed by atoms with Crippen LogP contribution in [-0.2, 0) is 26.3 Å². The minimum atomic E-state index is -4.36. The van der Waals surface area contributed by atoms with Gasteiger partial charge in [0.15, 0.2) is 0 Å². The average Bonchev–Trinajstić information content (AvgIpc) is 2.34. The van der Waals surface area contributed by atoms with Gasteiger partial charge < -0.3 is 10.5 Å². The molecule has 0 spiro atoms. The van der Waals surface area contributed by atoms with E-state index in [4.69, 9.17) is 15.0 Å². The lowest BCUT2D eigenvalue weighted by atomic mass is 10.2. The van der Waals surface area contributed by atoms with Crippen LogP contribution in [-0.4, -0.2) is 30.2 Å². The molecule has 0 aliphatic heterocycles. The Hall–Kier alpha value is -1.44. The minimum Gasteiger partial charge on any atom is -0.460 e. The first kappa shape index (κ1) is 14.6. The standard InChI is InChI=1S/C11H15NO5S/c1-8(18(14,15)16)10(12)11(13)17-7-9-5-3-2-4-6-9/h2-6,8,10H,7,12H2,1H3,(H,14,15,16). The molecule has 2 unspecified atom stereocenters. The summed E-state index contributed by atoms with van der Waals surface area (Å²) in [5, 5.41) is -1.40. The number of nitrogens with two attached hydrogens (primary N) is 1. The van der Waals surface area contributed by atoms with Crippen LogP contribution in [0.25, 0.3) is 0 Å². The topological polar surface area (TPSA) is 107 Å². The molecule has 0 aromatic heterocycles.